The summed E-state index contributed by atoms with van der Waals surface area (Å²) in [4.78, 5) is 2.62. The van der Waals surface area contributed by atoms with Crippen LogP contribution in [0.1, 0.15) is 5.69 Å². The van der Waals surface area contributed by atoms with Gasteiger partial charge in [0, 0.05) is 0 Å². The molecule has 0 aliphatic carbocycles. The second kappa shape index (κ2) is 3.02. The van der Waals surface area contributed by atoms with Gasteiger partial charge in [-0.05, 0) is 6.92 Å². The molecule has 5 heteroatoms. The summed E-state index contributed by atoms with van der Waals surface area (Å²) < 4.78 is 4.91. The number of aryl methyl sites for hydroxylation is 1. The molecule has 0 saturated carbocycles. The molecule has 1 rings (SSSR count). The summed E-state index contributed by atoms with van der Waals surface area (Å²) in [7, 11) is 1.35. The molecule has 0 aliphatic rings. The van der Waals surface area contributed by atoms with Gasteiger partial charge < -0.3 is 19.9 Å². The highest BCUT2D eigenvalue weighted by atomic mass is 32.1. The Kier molecular flexibility index (Phi) is 2.23. The molecule has 0 aromatic carbocycles. The summed E-state index contributed by atoms with van der Waals surface area (Å²) in [6.07, 6.45) is 0. The van der Waals surface area contributed by atoms with Crippen LogP contribution in [0.4, 0.5) is 0 Å². The van der Waals surface area contributed by atoms with Crippen LogP contribution in [0, 0.1) is 11.6 Å². The van der Waals surface area contributed by atoms with Gasteiger partial charge in [0.1, 0.15) is 4.64 Å². The van der Waals surface area contributed by atoms with Crippen LogP contribution in [-0.2, 0) is 0 Å². The number of hydrogen-bond acceptors (Lipinski definition) is 4. The largest absolute Gasteiger partial charge is 0.503 e. The molecular weight excluding hydrogens is 178 g/mol. The van der Waals surface area contributed by atoms with E-state index in [-0.39, 0.29) is 21.9 Å². The molecule has 0 amide bonds. The summed E-state index contributed by atoms with van der Waals surface area (Å²) in [5.74, 6) is -0.351. The topological polar surface area (TPSA) is 65.5 Å². The first-order valence-corrected chi connectivity index (χ1v) is 3.67. The number of hydrogen-bond donors (Lipinski definition) is 3. The number of aromatic hydroxyl groups is 2. The minimum Gasteiger partial charge on any atom is -0.503 e. The minimum atomic E-state index is -0.240. The van der Waals surface area contributed by atoms with Crippen LogP contribution in [0.3, 0.4) is 0 Å². The van der Waals surface area contributed by atoms with Gasteiger partial charge in [-0.2, -0.15) is 0 Å². The molecule has 0 spiro atoms. The van der Waals surface area contributed by atoms with Crippen LogP contribution >= 0.6 is 12.2 Å². The van der Waals surface area contributed by atoms with E-state index in [1.54, 1.807) is 6.92 Å². The van der Waals surface area contributed by atoms with Gasteiger partial charge in [0.05, 0.1) is 12.8 Å². The number of ether oxygens (including phenoxy) is 1. The van der Waals surface area contributed by atoms with Crippen molar-refractivity contribution in [1.29, 1.82) is 0 Å². The molecule has 4 nitrogen and oxygen atoms in total. The summed E-state index contributed by atoms with van der Waals surface area (Å²) in [6, 6.07) is 0. The van der Waals surface area contributed by atoms with Crippen molar-refractivity contribution in [3.63, 3.8) is 0 Å². The minimum absolute atomic E-state index is 0.0104. The van der Waals surface area contributed by atoms with Gasteiger partial charge in [0.2, 0.25) is 5.75 Å². The molecule has 66 valence electrons. The fourth-order valence-corrected chi connectivity index (χ4v) is 1.11. The Morgan fingerprint density at radius 2 is 1.92 bits per heavy atom. The molecule has 12 heavy (non-hydrogen) atoms. The maximum Gasteiger partial charge on any atom is 0.207 e. The lowest BCUT2D eigenvalue weighted by molar-refractivity contribution is 0.339. The SMILES string of the molecule is COc1c(O)c(C)[nH]c(=S)c1O. The van der Waals surface area contributed by atoms with E-state index in [1.807, 2.05) is 0 Å². The molecule has 0 bridgehead atoms. The van der Waals surface area contributed by atoms with Gasteiger partial charge in [0.15, 0.2) is 11.5 Å². The zero-order valence-electron chi connectivity index (χ0n) is 6.71. The van der Waals surface area contributed by atoms with Gasteiger partial charge in [-0.15, -0.1) is 0 Å². The number of aromatic nitrogens is 1. The molecule has 0 fully saturated rings. The van der Waals surface area contributed by atoms with E-state index in [0.717, 1.165) is 0 Å². The van der Waals surface area contributed by atoms with E-state index in [1.165, 1.54) is 7.11 Å². The fourth-order valence-electron chi connectivity index (χ4n) is 0.868. The van der Waals surface area contributed by atoms with Crippen molar-refractivity contribution in [2.75, 3.05) is 7.11 Å². The van der Waals surface area contributed by atoms with Gasteiger partial charge in [0.25, 0.3) is 0 Å². The first-order valence-electron chi connectivity index (χ1n) is 3.26. The summed E-state index contributed by atoms with van der Waals surface area (Å²) in [5.41, 5.74) is 0.467. The Morgan fingerprint density at radius 1 is 1.33 bits per heavy atom. The molecule has 1 heterocycles. The highest BCUT2D eigenvalue weighted by molar-refractivity contribution is 7.71. The van der Waals surface area contributed by atoms with Crippen molar-refractivity contribution in [2.45, 2.75) is 6.92 Å². The van der Waals surface area contributed by atoms with Gasteiger partial charge >= 0.3 is 0 Å². The first-order chi connectivity index (χ1) is 5.57. The normalized spacial score (nSPS) is 9.83. The first kappa shape index (κ1) is 8.86. The number of H-pyrrole nitrogens is 1. The second-order valence-electron chi connectivity index (χ2n) is 2.31. The standard InChI is InChI=1S/C7H9NO3S/c1-3-4(9)6(11-2)5(10)7(12)8-3/h9-10H,1-2H3,(H,8,12). The average molecular weight is 187 g/mol. The molecule has 0 saturated heterocycles. The van der Waals surface area contributed by atoms with E-state index >= 15 is 0 Å². The Bertz CT molecular complexity index is 358. The zero-order chi connectivity index (χ0) is 9.30. The zero-order valence-corrected chi connectivity index (χ0v) is 7.53. The van der Waals surface area contributed by atoms with Gasteiger partial charge in [-0.3, -0.25) is 0 Å². The predicted octanol–water partition coefficient (Wildman–Crippen LogP) is 1.47. The smallest absolute Gasteiger partial charge is 0.207 e. The molecule has 1 aromatic rings. The Labute approximate surface area is 74.4 Å². The lowest BCUT2D eigenvalue weighted by Crippen LogP contribution is -1.90. The Balaban J connectivity index is 3.53. The van der Waals surface area contributed by atoms with Crippen molar-refractivity contribution in [2.24, 2.45) is 0 Å². The van der Waals surface area contributed by atoms with Crippen LogP contribution in [0.25, 0.3) is 0 Å². The van der Waals surface area contributed by atoms with Gasteiger partial charge in [-0.25, -0.2) is 0 Å². The summed E-state index contributed by atoms with van der Waals surface area (Å²) >= 11 is 4.76. The highest BCUT2D eigenvalue weighted by Gasteiger charge is 2.12. The lowest BCUT2D eigenvalue weighted by atomic mass is 10.3. The Hall–Kier alpha value is -1.23. The van der Waals surface area contributed by atoms with Crippen molar-refractivity contribution in [1.82, 2.24) is 4.98 Å². The quantitative estimate of drug-likeness (QED) is 0.582. The highest BCUT2D eigenvalue weighted by Crippen LogP contribution is 2.36. The van der Waals surface area contributed by atoms with Crippen molar-refractivity contribution < 1.29 is 14.9 Å². The van der Waals surface area contributed by atoms with Crippen molar-refractivity contribution in [3.8, 4) is 17.2 Å². The monoisotopic (exact) mass is 187 g/mol. The lowest BCUT2D eigenvalue weighted by Gasteiger charge is -2.07. The van der Waals surface area contributed by atoms with E-state index in [4.69, 9.17) is 17.0 Å². The number of nitrogens with one attached hydrogen (secondary N) is 1. The van der Waals surface area contributed by atoms with Gasteiger partial charge in [-0.1, -0.05) is 12.2 Å². The molecular formula is C7H9NO3S. The van der Waals surface area contributed by atoms with Crippen molar-refractivity contribution >= 4 is 12.2 Å². The molecule has 3 N–H and O–H groups in total. The van der Waals surface area contributed by atoms with E-state index in [0.29, 0.717) is 5.69 Å². The number of rotatable bonds is 1. The van der Waals surface area contributed by atoms with Crippen molar-refractivity contribution in [3.05, 3.63) is 10.3 Å². The maximum atomic E-state index is 9.34. The fraction of sp³-hybridized carbons (Fsp3) is 0.286. The number of methoxy groups -OCH3 is 1. The average Bonchev–Trinajstić information content (AvgIpc) is 2.02. The van der Waals surface area contributed by atoms with E-state index < -0.39 is 0 Å². The Morgan fingerprint density at radius 3 is 2.42 bits per heavy atom. The third-order valence-electron chi connectivity index (χ3n) is 1.51. The second-order valence-corrected chi connectivity index (χ2v) is 2.72. The van der Waals surface area contributed by atoms with Crippen LogP contribution in [0.2, 0.25) is 0 Å². The molecule has 0 aliphatic heterocycles. The predicted molar refractivity (Wildman–Crippen MR) is 46.2 cm³/mol. The van der Waals surface area contributed by atoms with Crippen LogP contribution in [-0.4, -0.2) is 22.3 Å². The third-order valence-corrected chi connectivity index (χ3v) is 1.80. The number of aromatic amines is 1. The molecule has 0 radical (unpaired) electrons. The van der Waals surface area contributed by atoms with E-state index in [2.05, 4.69) is 4.98 Å². The van der Waals surface area contributed by atoms with Crippen LogP contribution in [0.15, 0.2) is 0 Å². The van der Waals surface area contributed by atoms with Crippen LogP contribution in [0.5, 0.6) is 17.2 Å². The molecule has 0 unspecified atom stereocenters. The third kappa shape index (κ3) is 1.23. The number of pyridine rings is 1. The summed E-state index contributed by atoms with van der Waals surface area (Å²) in [6.45, 7) is 1.63. The van der Waals surface area contributed by atoms with E-state index in [9.17, 15) is 10.2 Å². The summed E-state index contributed by atoms with van der Waals surface area (Å²) in [5, 5.41) is 18.6. The van der Waals surface area contributed by atoms with Crippen LogP contribution < -0.4 is 4.74 Å². The molecule has 1 aromatic heterocycles. The maximum absolute atomic E-state index is 9.34. The molecule has 0 atom stereocenters.